The van der Waals surface area contributed by atoms with Crippen LogP contribution in [0.1, 0.15) is 0 Å². The third-order valence-corrected chi connectivity index (χ3v) is 17.7. The Morgan fingerprint density at radius 2 is 0.415 bits per heavy atom. The van der Waals surface area contributed by atoms with Gasteiger partial charge in [0.05, 0.1) is 27.8 Å². The van der Waals surface area contributed by atoms with E-state index in [-0.39, 0.29) is 0 Å². The lowest BCUT2D eigenvalue weighted by Crippen LogP contribution is -2.12. The molecule has 0 aliphatic heterocycles. The molecule has 2 heterocycles. The summed E-state index contributed by atoms with van der Waals surface area (Å²) in [7, 11) is 0. The van der Waals surface area contributed by atoms with Crippen LogP contribution < -0.4 is 19.6 Å². The summed E-state index contributed by atoms with van der Waals surface area (Å²) in [6.07, 6.45) is 0. The molecule has 2 aromatic heterocycles. The van der Waals surface area contributed by atoms with Crippen LogP contribution in [0.5, 0.6) is 0 Å². The Balaban J connectivity index is 0.000000149. The van der Waals surface area contributed by atoms with E-state index in [1.165, 1.54) is 54.4 Å². The van der Waals surface area contributed by atoms with E-state index in [9.17, 15) is 0 Å². The van der Waals surface area contributed by atoms with Crippen molar-refractivity contribution in [2.45, 2.75) is 0 Å². The summed E-state index contributed by atoms with van der Waals surface area (Å²) in [5, 5.41) is 7.33. The van der Waals surface area contributed by atoms with Crippen molar-refractivity contribution in [3.63, 3.8) is 0 Å². The summed E-state index contributed by atoms with van der Waals surface area (Å²) < 4.78 is 4.73. The number of nitrogens with zero attached hydrogens (tertiary/aromatic N) is 6. The predicted molar refractivity (Wildman–Crippen MR) is 398 cm³/mol. The molecule has 0 spiro atoms. The molecular weight excluding hydrogens is 1140 g/mol. The fraction of sp³-hybridized carbons (Fsp3) is 0. The zero-order valence-corrected chi connectivity index (χ0v) is 51.6. The lowest BCUT2D eigenvalue weighted by molar-refractivity contribution is 1.18. The van der Waals surface area contributed by atoms with Crippen LogP contribution in [0, 0.1) is 0 Å². The van der Waals surface area contributed by atoms with Gasteiger partial charge in [-0.2, -0.15) is 0 Å². The van der Waals surface area contributed by atoms with Gasteiger partial charge < -0.3 is 28.7 Å². The van der Waals surface area contributed by atoms with Crippen LogP contribution in [0.25, 0.3) is 65.8 Å². The average molecular weight is 1210 g/mol. The van der Waals surface area contributed by atoms with E-state index in [0.717, 1.165) is 79.6 Å². The maximum absolute atomic E-state index is 2.40. The van der Waals surface area contributed by atoms with Crippen molar-refractivity contribution < 1.29 is 0 Å². The molecule has 0 unspecified atom stereocenters. The first-order chi connectivity index (χ1) is 46.7. The second kappa shape index (κ2) is 25.3. The van der Waals surface area contributed by atoms with Crippen LogP contribution in [0.4, 0.5) is 68.2 Å². The average Bonchev–Trinajstić information content (AvgIpc) is 1.67. The van der Waals surface area contributed by atoms with E-state index >= 15 is 0 Å². The van der Waals surface area contributed by atoms with Crippen LogP contribution in [-0.2, 0) is 0 Å². The number of para-hydroxylation sites is 9. The van der Waals surface area contributed by atoms with Gasteiger partial charge in [0.15, 0.2) is 0 Å². The van der Waals surface area contributed by atoms with Gasteiger partial charge in [0, 0.05) is 101 Å². The van der Waals surface area contributed by atoms with Gasteiger partial charge in [0.1, 0.15) is 0 Å². The first kappa shape index (κ1) is 56.6. The minimum Gasteiger partial charge on any atom is -0.311 e. The van der Waals surface area contributed by atoms with Gasteiger partial charge in [-0.3, -0.25) is 0 Å². The molecule has 0 fully saturated rings. The number of hydrogen-bond acceptors (Lipinski definition) is 4. The number of hydrogen-bond donors (Lipinski definition) is 0. The van der Waals surface area contributed by atoms with Gasteiger partial charge in [-0.05, 0) is 193 Å². The highest BCUT2D eigenvalue weighted by Crippen LogP contribution is 2.46. The molecule has 94 heavy (non-hydrogen) atoms. The molecule has 0 radical (unpaired) electrons. The largest absolute Gasteiger partial charge is 0.311 e. The molecule has 0 amide bonds. The summed E-state index contributed by atoms with van der Waals surface area (Å²) in [6.45, 7) is 0. The topological polar surface area (TPSA) is 22.8 Å². The summed E-state index contributed by atoms with van der Waals surface area (Å²) in [6, 6.07) is 138. The number of rotatable bonds is 14. The Morgan fingerprint density at radius 1 is 0.160 bits per heavy atom. The normalized spacial score (nSPS) is 11.2. The maximum atomic E-state index is 2.40. The van der Waals surface area contributed by atoms with Crippen molar-refractivity contribution >= 4 is 123 Å². The number of benzene rings is 15. The highest BCUT2D eigenvalue weighted by atomic mass is 15.2. The minimum atomic E-state index is 1.09. The Hall–Kier alpha value is -12.6. The monoisotopic (exact) mass is 1200 g/mol. The third-order valence-electron chi connectivity index (χ3n) is 17.7. The SMILES string of the molecule is c1ccc(N(c2ccccc2)c2ccc(N(c3ccc4c(c3)c3ccccc3n4-c3ccccc3)c3cccc4ccccc34)cc2)cc1.c1ccc(N(c2ccccc2)c2ccc(N(c3ccccc3)c3ccc4c(c3)c3ccccc3n4-c3ccccc3)cc2)cc1. The quantitative estimate of drug-likeness (QED) is 0.108. The number of fused-ring (bicyclic) bond motifs is 7. The Morgan fingerprint density at radius 3 is 0.798 bits per heavy atom. The highest BCUT2D eigenvalue weighted by molar-refractivity contribution is 6.12. The van der Waals surface area contributed by atoms with E-state index in [1.54, 1.807) is 0 Å². The van der Waals surface area contributed by atoms with Crippen LogP contribution in [0.15, 0.2) is 388 Å². The van der Waals surface area contributed by atoms with E-state index < -0.39 is 0 Å². The molecule has 446 valence electrons. The van der Waals surface area contributed by atoms with Crippen LogP contribution >= 0.6 is 0 Å². The van der Waals surface area contributed by atoms with Crippen LogP contribution in [0.2, 0.25) is 0 Å². The molecular formula is C88H64N6. The molecule has 0 atom stereocenters. The second-order valence-corrected chi connectivity index (χ2v) is 23.3. The molecule has 0 bridgehead atoms. The number of anilines is 12. The fourth-order valence-corrected chi connectivity index (χ4v) is 13.5. The van der Waals surface area contributed by atoms with E-state index in [0.29, 0.717) is 0 Å². The Kier molecular flexibility index (Phi) is 15.2. The molecule has 6 nitrogen and oxygen atoms in total. The molecule has 0 N–H and O–H groups in total. The van der Waals surface area contributed by atoms with Crippen molar-refractivity contribution in [3.05, 3.63) is 388 Å². The van der Waals surface area contributed by atoms with Crippen LogP contribution in [0.3, 0.4) is 0 Å². The fourth-order valence-electron chi connectivity index (χ4n) is 13.5. The first-order valence-corrected chi connectivity index (χ1v) is 32.0. The summed E-state index contributed by atoms with van der Waals surface area (Å²) >= 11 is 0. The van der Waals surface area contributed by atoms with E-state index in [1.807, 2.05) is 0 Å². The van der Waals surface area contributed by atoms with Crippen molar-refractivity contribution in [2.75, 3.05) is 19.6 Å². The molecule has 17 aromatic rings. The highest BCUT2D eigenvalue weighted by Gasteiger charge is 2.22. The summed E-state index contributed by atoms with van der Waals surface area (Å²) in [4.78, 5) is 9.33. The Bertz CT molecular complexity index is 5330. The summed E-state index contributed by atoms with van der Waals surface area (Å²) in [5.74, 6) is 0. The van der Waals surface area contributed by atoms with Crippen molar-refractivity contribution in [1.82, 2.24) is 9.13 Å². The molecule has 17 rings (SSSR count). The Labute approximate surface area is 547 Å². The zero-order chi connectivity index (χ0) is 62.6. The first-order valence-electron chi connectivity index (χ1n) is 32.0. The molecule has 15 aromatic carbocycles. The molecule has 0 aliphatic rings. The molecule has 0 saturated carbocycles. The third kappa shape index (κ3) is 10.8. The van der Waals surface area contributed by atoms with Gasteiger partial charge in [-0.25, -0.2) is 0 Å². The molecule has 6 heteroatoms. The van der Waals surface area contributed by atoms with Crippen molar-refractivity contribution in [2.24, 2.45) is 0 Å². The van der Waals surface area contributed by atoms with Gasteiger partial charge in [0.2, 0.25) is 0 Å². The van der Waals surface area contributed by atoms with Gasteiger partial charge in [0.25, 0.3) is 0 Å². The zero-order valence-electron chi connectivity index (χ0n) is 51.6. The lowest BCUT2D eigenvalue weighted by Gasteiger charge is -2.29. The van der Waals surface area contributed by atoms with Gasteiger partial charge in [-0.1, -0.05) is 200 Å². The van der Waals surface area contributed by atoms with Gasteiger partial charge in [-0.15, -0.1) is 0 Å². The van der Waals surface area contributed by atoms with Crippen molar-refractivity contribution in [3.8, 4) is 11.4 Å². The van der Waals surface area contributed by atoms with Crippen LogP contribution in [-0.4, -0.2) is 9.13 Å². The summed E-state index contributed by atoms with van der Waals surface area (Å²) in [5.41, 5.74) is 20.4. The van der Waals surface area contributed by atoms with Gasteiger partial charge >= 0.3 is 0 Å². The van der Waals surface area contributed by atoms with E-state index in [2.05, 4.69) is 417 Å². The lowest BCUT2D eigenvalue weighted by atomic mass is 10.1. The minimum absolute atomic E-state index is 1.09. The second-order valence-electron chi connectivity index (χ2n) is 23.3. The standard InChI is InChI=1S/C46H33N3.C42H31N3/c1-4-17-35(18-5-1)47(36-19-6-2-7-20-36)38-27-29-39(30-28-38)48(44-26-14-16-34-15-10-11-23-41(34)44)40-31-32-46-43(33-40)42-24-12-13-25-45(42)49(46)37-21-8-3-9-22-37;1-5-15-32(16-6-1)43(33-17-7-2-8-18-33)36-25-27-37(28-26-36)44(34-19-9-3-10-20-34)38-29-30-42-40(31-38)39-23-13-14-24-41(39)45(42)35-21-11-4-12-22-35/h1-33H;1-31H. The molecule has 0 saturated heterocycles. The van der Waals surface area contributed by atoms with Crippen molar-refractivity contribution in [1.29, 1.82) is 0 Å². The maximum Gasteiger partial charge on any atom is 0.0542 e. The van der Waals surface area contributed by atoms with E-state index in [4.69, 9.17) is 0 Å². The molecule has 0 aliphatic carbocycles. The smallest absolute Gasteiger partial charge is 0.0542 e. The number of aromatic nitrogens is 2. The predicted octanol–water partition coefficient (Wildman–Crippen LogP) is 24.6.